The summed E-state index contributed by atoms with van der Waals surface area (Å²) in [5.74, 6) is -0.128. The number of hydrogen-bond acceptors (Lipinski definition) is 3. The molecule has 1 N–H and O–H groups in total. The molecule has 3 aromatic rings. The van der Waals surface area contributed by atoms with E-state index in [1.807, 2.05) is 29.7 Å². The van der Waals surface area contributed by atoms with Crippen LogP contribution in [0.25, 0.3) is 11.0 Å². The topological polar surface area (TPSA) is 50.2 Å². The van der Waals surface area contributed by atoms with Gasteiger partial charge in [-0.3, -0.25) is 9.69 Å². The minimum absolute atomic E-state index is 0.368. The second kappa shape index (κ2) is 8.05. The van der Waals surface area contributed by atoms with Crippen LogP contribution in [0.1, 0.15) is 44.5 Å². The molecule has 0 aliphatic carbocycles. The Morgan fingerprint density at radius 2 is 2.04 bits per heavy atom. The van der Waals surface area contributed by atoms with Crippen LogP contribution in [0, 0.1) is 0 Å². The number of amides is 1. The number of fused-ring (bicyclic) bond motifs is 1. The van der Waals surface area contributed by atoms with E-state index in [1.165, 1.54) is 11.3 Å². The molecule has 0 unspecified atom stereocenters. The van der Waals surface area contributed by atoms with E-state index in [4.69, 9.17) is 4.11 Å². The summed E-state index contributed by atoms with van der Waals surface area (Å²) in [7, 11) is 2.06. The van der Waals surface area contributed by atoms with Crippen molar-refractivity contribution >= 4 is 32.9 Å². The molecule has 3 heterocycles. The summed E-state index contributed by atoms with van der Waals surface area (Å²) in [4.78, 5) is 19.0. The van der Waals surface area contributed by atoms with E-state index in [2.05, 4.69) is 43.5 Å². The van der Waals surface area contributed by atoms with E-state index in [9.17, 15) is 4.79 Å². The summed E-state index contributed by atoms with van der Waals surface area (Å²) in [6.07, 6.45) is 3.92. The van der Waals surface area contributed by atoms with Gasteiger partial charge in [0.15, 0.2) is 0 Å². The largest absolute Gasteiger partial charge is 0.355 e. The van der Waals surface area contributed by atoms with Gasteiger partial charge in [0.05, 0.1) is 0 Å². The predicted molar refractivity (Wildman–Crippen MR) is 115 cm³/mol. The summed E-state index contributed by atoms with van der Waals surface area (Å²) in [6.45, 7) is 0.420. The number of piperidine rings is 1. The van der Waals surface area contributed by atoms with Crippen molar-refractivity contribution in [3.05, 3.63) is 63.9 Å². The molecule has 6 heteroatoms. The molecule has 1 amide bonds. The van der Waals surface area contributed by atoms with Crippen molar-refractivity contribution in [1.82, 2.24) is 19.8 Å². The zero-order valence-corrected chi connectivity index (χ0v) is 17.4. The molecule has 0 spiro atoms. The van der Waals surface area contributed by atoms with Crippen molar-refractivity contribution < 1.29 is 8.91 Å². The van der Waals surface area contributed by atoms with Crippen molar-refractivity contribution in [2.75, 3.05) is 20.1 Å². The molecular weight excluding hydrogens is 416 g/mol. The molecule has 1 saturated heterocycles. The van der Waals surface area contributed by atoms with Gasteiger partial charge in [0.2, 0.25) is 0 Å². The zero-order chi connectivity index (χ0) is 22.2. The van der Waals surface area contributed by atoms with Gasteiger partial charge in [0.25, 0.3) is 5.91 Å². The molecule has 0 atom stereocenters. The summed E-state index contributed by atoms with van der Waals surface area (Å²) < 4.78 is 24.7. The Bertz CT molecular complexity index is 1090. The van der Waals surface area contributed by atoms with Gasteiger partial charge in [0.1, 0.15) is 5.65 Å². The van der Waals surface area contributed by atoms with E-state index in [0.717, 1.165) is 48.0 Å². The average Bonchev–Trinajstić information content (AvgIpc) is 3.04. The fourth-order valence-electron chi connectivity index (χ4n) is 4.02. The van der Waals surface area contributed by atoms with Gasteiger partial charge >= 0.3 is 0 Å². The van der Waals surface area contributed by atoms with Gasteiger partial charge < -0.3 is 9.88 Å². The summed E-state index contributed by atoms with van der Waals surface area (Å²) >= 11 is 3.61. The molecule has 146 valence electrons. The molecule has 0 saturated carbocycles. The number of pyridine rings is 1. The third-order valence-electron chi connectivity index (χ3n) is 5.71. The summed E-state index contributed by atoms with van der Waals surface area (Å²) in [5.41, 5.74) is 3.80. The molecule has 0 bridgehead atoms. The van der Waals surface area contributed by atoms with Crippen molar-refractivity contribution in [3.8, 4) is 0 Å². The van der Waals surface area contributed by atoms with Gasteiger partial charge in [0, 0.05) is 52.0 Å². The van der Waals surface area contributed by atoms with Crippen LogP contribution in [0.2, 0.25) is 0 Å². The first kappa shape index (κ1) is 15.7. The Morgan fingerprint density at radius 1 is 1.29 bits per heavy atom. The highest BCUT2D eigenvalue weighted by Gasteiger charge is 2.22. The van der Waals surface area contributed by atoms with Crippen LogP contribution >= 0.6 is 15.9 Å². The molecule has 1 fully saturated rings. The number of carbonyl (C=O) groups excluding carboxylic acids is 1. The van der Waals surface area contributed by atoms with E-state index in [1.54, 1.807) is 12.1 Å². The molecule has 4 rings (SSSR count). The number of aromatic nitrogens is 2. The first-order chi connectivity index (χ1) is 14.7. The number of nitrogens with one attached hydrogen (secondary N) is 1. The van der Waals surface area contributed by atoms with Gasteiger partial charge in [-0.15, -0.1) is 0 Å². The number of hydrogen-bond donors (Lipinski definition) is 1. The number of benzene rings is 1. The highest BCUT2D eigenvalue weighted by molar-refractivity contribution is 9.10. The average molecular weight is 444 g/mol. The number of rotatable bonds is 4. The van der Waals surface area contributed by atoms with Crippen LogP contribution < -0.4 is 5.32 Å². The Labute approximate surface area is 178 Å². The smallest absolute Gasteiger partial charge is 0.251 e. The maximum Gasteiger partial charge on any atom is 0.251 e. The van der Waals surface area contributed by atoms with Crippen molar-refractivity contribution in [3.63, 3.8) is 0 Å². The predicted octanol–water partition coefficient (Wildman–Crippen LogP) is 4.08. The van der Waals surface area contributed by atoms with Gasteiger partial charge in [-0.05, 0) is 77.6 Å². The molecule has 2 aromatic heterocycles. The van der Waals surface area contributed by atoms with Gasteiger partial charge in [-0.2, -0.15) is 0 Å². The van der Waals surface area contributed by atoms with Crippen LogP contribution in [-0.2, 0) is 13.6 Å². The second-order valence-electron chi connectivity index (χ2n) is 7.35. The third kappa shape index (κ3) is 3.71. The molecule has 1 aliphatic heterocycles. The Morgan fingerprint density at radius 3 is 2.71 bits per heavy atom. The van der Waals surface area contributed by atoms with Crippen molar-refractivity contribution in [2.24, 2.45) is 7.05 Å². The number of halogens is 1. The Hall–Kier alpha value is -2.18. The number of nitrogens with zero attached hydrogens (tertiary/aromatic N) is 3. The van der Waals surface area contributed by atoms with Crippen LogP contribution in [0.15, 0.2) is 47.1 Å². The van der Waals surface area contributed by atoms with Crippen molar-refractivity contribution in [1.29, 1.82) is 0 Å². The zero-order valence-electron chi connectivity index (χ0n) is 18.8. The minimum atomic E-state index is -2.47. The lowest BCUT2D eigenvalue weighted by Crippen LogP contribution is -2.33. The SMILES string of the molecule is [2H]C([2H])([2H])NC(=O)c1ccc(C2CCN(Cc3cc4c(Br)ccnc4n3C)CC2)cc1. The van der Waals surface area contributed by atoms with E-state index < -0.39 is 12.9 Å². The maximum absolute atomic E-state index is 12.0. The van der Waals surface area contributed by atoms with E-state index in [0.29, 0.717) is 11.5 Å². The highest BCUT2D eigenvalue weighted by atomic mass is 79.9. The minimum Gasteiger partial charge on any atom is -0.355 e. The number of carbonyl (C=O) groups is 1. The first-order valence-corrected chi connectivity index (χ1v) is 10.2. The Balaban J connectivity index is 1.36. The second-order valence-corrected chi connectivity index (χ2v) is 8.21. The maximum atomic E-state index is 12.0. The molecule has 1 aliphatic rings. The van der Waals surface area contributed by atoms with Crippen LogP contribution in [0.4, 0.5) is 0 Å². The highest BCUT2D eigenvalue weighted by Crippen LogP contribution is 2.30. The monoisotopic (exact) mass is 443 g/mol. The number of likely N-dealkylation sites (tertiary alicyclic amines) is 1. The lowest BCUT2D eigenvalue weighted by Gasteiger charge is -2.32. The first-order valence-electron chi connectivity index (χ1n) is 10.9. The van der Waals surface area contributed by atoms with Crippen LogP contribution in [-0.4, -0.2) is 40.4 Å². The normalized spacial score (nSPS) is 17.9. The number of aryl methyl sites for hydroxylation is 1. The van der Waals surface area contributed by atoms with E-state index >= 15 is 0 Å². The third-order valence-corrected chi connectivity index (χ3v) is 6.40. The Kier molecular flexibility index (Phi) is 4.52. The fraction of sp³-hybridized carbons (Fsp3) is 0.364. The summed E-state index contributed by atoms with van der Waals surface area (Å²) in [5, 5.41) is 3.16. The van der Waals surface area contributed by atoms with Crippen molar-refractivity contribution in [2.45, 2.75) is 25.3 Å². The lowest BCUT2D eigenvalue weighted by atomic mass is 9.89. The van der Waals surface area contributed by atoms with Gasteiger partial charge in [-0.1, -0.05) is 12.1 Å². The molecule has 5 nitrogen and oxygen atoms in total. The fourth-order valence-corrected chi connectivity index (χ4v) is 4.43. The summed E-state index contributed by atoms with van der Waals surface area (Å²) in [6, 6.07) is 11.5. The van der Waals surface area contributed by atoms with E-state index in [-0.39, 0.29) is 0 Å². The van der Waals surface area contributed by atoms with Crippen LogP contribution in [0.3, 0.4) is 0 Å². The molecular formula is C22H25BrN4O. The molecule has 0 radical (unpaired) electrons. The molecule has 1 aromatic carbocycles. The lowest BCUT2D eigenvalue weighted by molar-refractivity contribution is 0.0963. The quantitative estimate of drug-likeness (QED) is 0.660. The standard InChI is InChI=1S/C22H25BrN4O/c1-24-22(28)17-5-3-15(4-6-17)16-8-11-27(12-9-16)14-18-13-19-20(23)7-10-25-21(19)26(18)2/h3-7,10,13,16H,8-9,11-12,14H2,1-2H3,(H,24,28)/i1D3. The van der Waals surface area contributed by atoms with Crippen LogP contribution in [0.5, 0.6) is 0 Å². The van der Waals surface area contributed by atoms with Gasteiger partial charge in [-0.25, -0.2) is 4.98 Å². The molecule has 28 heavy (non-hydrogen) atoms.